The Morgan fingerprint density at radius 3 is 2.33 bits per heavy atom. The number of rotatable bonds is 13. The number of hydrogen-bond donors (Lipinski definition) is 1. The number of terminal acetylenes is 1. The maximum Gasteiger partial charge on any atom is 0.132 e. The van der Waals surface area contributed by atoms with Crippen molar-refractivity contribution in [3.05, 3.63) is 0 Å². The van der Waals surface area contributed by atoms with E-state index in [1.165, 1.54) is 0 Å². The van der Waals surface area contributed by atoms with Gasteiger partial charge in [-0.2, -0.15) is 0 Å². The molecule has 0 heterocycles. The largest absolute Gasteiger partial charge is 0.379 e. The average Bonchev–Trinajstić information content (AvgIpc) is 2.38. The van der Waals surface area contributed by atoms with Gasteiger partial charge in [0.1, 0.15) is 5.78 Å². The van der Waals surface area contributed by atoms with E-state index in [2.05, 4.69) is 5.92 Å². The summed E-state index contributed by atoms with van der Waals surface area (Å²) in [5.41, 5.74) is 5.27. The first-order chi connectivity index (χ1) is 8.81. The van der Waals surface area contributed by atoms with Gasteiger partial charge < -0.3 is 15.2 Å². The molecule has 0 aliphatic heterocycles. The van der Waals surface area contributed by atoms with E-state index in [9.17, 15) is 4.79 Å². The Labute approximate surface area is 110 Å². The second-order valence-corrected chi connectivity index (χ2v) is 4.07. The van der Waals surface area contributed by atoms with Crippen molar-refractivity contribution in [1.29, 1.82) is 0 Å². The Bertz CT molecular complexity index is 236. The van der Waals surface area contributed by atoms with Crippen LogP contribution in [0.4, 0.5) is 0 Å². The summed E-state index contributed by atoms with van der Waals surface area (Å²) in [4.78, 5) is 11.4. The number of Topliss-reactive ketones (excluding diaryl/α,β-unsaturated/α-hetero) is 1. The van der Waals surface area contributed by atoms with E-state index in [-0.39, 0.29) is 0 Å². The first-order valence-electron chi connectivity index (χ1n) is 6.62. The van der Waals surface area contributed by atoms with Gasteiger partial charge >= 0.3 is 0 Å². The highest BCUT2D eigenvalue weighted by Gasteiger charge is 2.01. The van der Waals surface area contributed by atoms with E-state index < -0.39 is 0 Å². The molecule has 0 aliphatic carbocycles. The van der Waals surface area contributed by atoms with E-state index in [1.807, 2.05) is 0 Å². The van der Waals surface area contributed by atoms with E-state index >= 15 is 0 Å². The Morgan fingerprint density at radius 1 is 1.00 bits per heavy atom. The fraction of sp³-hybridized carbons (Fsp3) is 0.786. The predicted octanol–water partition coefficient (Wildman–Crippen LogP) is 1.52. The number of ether oxygens (including phenoxy) is 2. The molecule has 0 fully saturated rings. The Hall–Kier alpha value is -0.890. The van der Waals surface area contributed by atoms with Crippen LogP contribution in [-0.4, -0.2) is 38.8 Å². The molecule has 0 unspecified atom stereocenters. The van der Waals surface area contributed by atoms with Crippen LogP contribution >= 0.6 is 0 Å². The Balaban J connectivity index is 3.13. The van der Waals surface area contributed by atoms with Gasteiger partial charge in [-0.15, -0.1) is 12.3 Å². The van der Waals surface area contributed by atoms with Crippen LogP contribution in [0.15, 0.2) is 0 Å². The quantitative estimate of drug-likeness (QED) is 0.400. The Morgan fingerprint density at radius 2 is 1.67 bits per heavy atom. The molecule has 0 aromatic rings. The first-order valence-corrected chi connectivity index (χ1v) is 6.62. The van der Waals surface area contributed by atoms with E-state index in [1.54, 1.807) is 0 Å². The summed E-state index contributed by atoms with van der Waals surface area (Å²) in [5, 5.41) is 0. The van der Waals surface area contributed by atoms with Crippen LogP contribution in [0.1, 0.15) is 38.5 Å². The number of unbranched alkanes of at least 4 members (excludes halogenated alkanes) is 2. The standard InChI is InChI=1S/C14H25NO3/c1-2-3-4-5-7-14(16)8-6-10-17-12-13-18-11-9-15/h1H,3-13,15H2. The van der Waals surface area contributed by atoms with Crippen molar-refractivity contribution in [2.24, 2.45) is 5.73 Å². The molecule has 4 heteroatoms. The van der Waals surface area contributed by atoms with Gasteiger partial charge in [-0.1, -0.05) is 0 Å². The molecule has 0 bridgehead atoms. The third-order valence-corrected chi connectivity index (χ3v) is 2.41. The van der Waals surface area contributed by atoms with Crippen LogP contribution in [-0.2, 0) is 14.3 Å². The van der Waals surface area contributed by atoms with E-state index in [4.69, 9.17) is 21.6 Å². The number of carbonyl (C=O) groups is 1. The van der Waals surface area contributed by atoms with Crippen LogP contribution in [0.25, 0.3) is 0 Å². The van der Waals surface area contributed by atoms with Gasteiger partial charge in [0.2, 0.25) is 0 Å². The van der Waals surface area contributed by atoms with Crippen molar-refractivity contribution < 1.29 is 14.3 Å². The molecule has 0 spiro atoms. The molecule has 4 nitrogen and oxygen atoms in total. The molecule has 0 rings (SSSR count). The lowest BCUT2D eigenvalue weighted by Crippen LogP contribution is -2.12. The molecule has 0 radical (unpaired) electrons. The highest BCUT2D eigenvalue weighted by atomic mass is 16.5. The molecule has 18 heavy (non-hydrogen) atoms. The minimum Gasteiger partial charge on any atom is -0.379 e. The van der Waals surface area contributed by atoms with Gasteiger partial charge in [-0.3, -0.25) is 4.79 Å². The van der Waals surface area contributed by atoms with Crippen LogP contribution in [0.3, 0.4) is 0 Å². The fourth-order valence-electron chi connectivity index (χ4n) is 1.45. The van der Waals surface area contributed by atoms with Gasteiger partial charge in [0, 0.05) is 32.4 Å². The number of ketones is 1. The van der Waals surface area contributed by atoms with Crippen molar-refractivity contribution in [1.82, 2.24) is 0 Å². The van der Waals surface area contributed by atoms with Crippen molar-refractivity contribution in [2.45, 2.75) is 38.5 Å². The molecule has 0 aromatic heterocycles. The van der Waals surface area contributed by atoms with Crippen LogP contribution in [0.5, 0.6) is 0 Å². The first kappa shape index (κ1) is 17.1. The molecule has 2 N–H and O–H groups in total. The third-order valence-electron chi connectivity index (χ3n) is 2.41. The lowest BCUT2D eigenvalue weighted by molar-refractivity contribution is -0.119. The lowest BCUT2D eigenvalue weighted by atomic mass is 10.1. The summed E-state index contributed by atoms with van der Waals surface area (Å²) in [5.74, 6) is 2.87. The normalized spacial score (nSPS) is 10.2. The summed E-state index contributed by atoms with van der Waals surface area (Å²) in [6.45, 7) is 2.85. The van der Waals surface area contributed by atoms with Gasteiger partial charge in [0.25, 0.3) is 0 Å². The maximum atomic E-state index is 11.4. The minimum absolute atomic E-state index is 0.301. The van der Waals surface area contributed by atoms with E-state index in [0.29, 0.717) is 51.6 Å². The molecule has 104 valence electrons. The van der Waals surface area contributed by atoms with E-state index in [0.717, 1.165) is 25.7 Å². The van der Waals surface area contributed by atoms with Crippen molar-refractivity contribution in [2.75, 3.05) is 33.0 Å². The maximum absolute atomic E-state index is 11.4. The average molecular weight is 255 g/mol. The summed E-state index contributed by atoms with van der Waals surface area (Å²) in [6.07, 6.45) is 9.76. The van der Waals surface area contributed by atoms with Crippen molar-refractivity contribution >= 4 is 5.78 Å². The van der Waals surface area contributed by atoms with Crippen LogP contribution < -0.4 is 5.73 Å². The summed E-state index contributed by atoms with van der Waals surface area (Å²) < 4.78 is 10.5. The molecule has 0 aliphatic rings. The molecular weight excluding hydrogens is 230 g/mol. The minimum atomic E-state index is 0.301. The molecule has 0 atom stereocenters. The molecule has 0 saturated heterocycles. The highest BCUT2D eigenvalue weighted by Crippen LogP contribution is 2.03. The zero-order valence-corrected chi connectivity index (χ0v) is 11.2. The highest BCUT2D eigenvalue weighted by molar-refractivity contribution is 5.78. The third kappa shape index (κ3) is 13.2. The smallest absolute Gasteiger partial charge is 0.132 e. The number of carbonyl (C=O) groups excluding carboxylic acids is 1. The molecule has 0 aromatic carbocycles. The number of nitrogens with two attached hydrogens (primary N) is 1. The molecular formula is C14H25NO3. The zero-order chi connectivity index (χ0) is 13.5. The SMILES string of the molecule is C#CCCCCC(=O)CCCOCCOCCN. The van der Waals surface area contributed by atoms with Gasteiger partial charge in [-0.25, -0.2) is 0 Å². The summed E-state index contributed by atoms with van der Waals surface area (Å²) in [6, 6.07) is 0. The van der Waals surface area contributed by atoms with Gasteiger partial charge in [-0.05, 0) is 19.3 Å². The zero-order valence-electron chi connectivity index (χ0n) is 11.2. The molecule has 0 amide bonds. The fourth-order valence-corrected chi connectivity index (χ4v) is 1.45. The van der Waals surface area contributed by atoms with Crippen molar-refractivity contribution in [3.63, 3.8) is 0 Å². The van der Waals surface area contributed by atoms with Gasteiger partial charge in [0.05, 0.1) is 19.8 Å². The monoisotopic (exact) mass is 255 g/mol. The summed E-state index contributed by atoms with van der Waals surface area (Å²) >= 11 is 0. The molecule has 0 saturated carbocycles. The summed E-state index contributed by atoms with van der Waals surface area (Å²) in [7, 11) is 0. The van der Waals surface area contributed by atoms with Crippen molar-refractivity contribution in [3.8, 4) is 12.3 Å². The lowest BCUT2D eigenvalue weighted by Gasteiger charge is -2.04. The topological polar surface area (TPSA) is 61.5 Å². The van der Waals surface area contributed by atoms with Crippen LogP contribution in [0.2, 0.25) is 0 Å². The van der Waals surface area contributed by atoms with Gasteiger partial charge in [0.15, 0.2) is 0 Å². The predicted molar refractivity (Wildman–Crippen MR) is 72.2 cm³/mol. The second kappa shape index (κ2) is 14.2. The number of hydrogen-bond acceptors (Lipinski definition) is 4. The second-order valence-electron chi connectivity index (χ2n) is 4.07. The van der Waals surface area contributed by atoms with Crippen LogP contribution in [0, 0.1) is 12.3 Å². The Kier molecular flexibility index (Phi) is 13.5.